The average molecular weight is 402 g/mol. The molecule has 3 heterocycles. The van der Waals surface area contributed by atoms with E-state index in [-0.39, 0.29) is 24.6 Å². The number of esters is 1. The maximum atomic E-state index is 12.3. The number of carbonyl (C=O) groups excluding carboxylic acids is 2. The first-order valence-electron chi connectivity index (χ1n) is 10.3. The number of benzene rings is 1. The summed E-state index contributed by atoms with van der Waals surface area (Å²) in [6, 6.07) is 6.17. The Bertz CT molecular complexity index is 823. The Hall–Kier alpha value is -2.74. The van der Waals surface area contributed by atoms with E-state index < -0.39 is 0 Å². The average Bonchev–Trinajstić information content (AvgIpc) is 3.03. The second kappa shape index (κ2) is 8.73. The van der Waals surface area contributed by atoms with Gasteiger partial charge in [0.25, 0.3) is 0 Å². The molecule has 0 aliphatic carbocycles. The van der Waals surface area contributed by atoms with Gasteiger partial charge in [-0.15, -0.1) is 0 Å². The highest BCUT2D eigenvalue weighted by molar-refractivity contribution is 5.93. The Morgan fingerprint density at radius 2 is 2.07 bits per heavy atom. The number of likely N-dealkylation sites (tertiary alicyclic amines) is 1. The molecule has 0 aromatic heterocycles. The van der Waals surface area contributed by atoms with Gasteiger partial charge >= 0.3 is 12.0 Å². The highest BCUT2D eigenvalue weighted by Gasteiger charge is 2.34. The Balaban J connectivity index is 1.55. The molecule has 29 heavy (non-hydrogen) atoms. The smallest absolute Gasteiger partial charge is 0.337 e. The van der Waals surface area contributed by atoms with Crippen LogP contribution in [0.15, 0.2) is 29.5 Å². The molecule has 156 valence electrons. The number of hydrogen-bond acceptors (Lipinski definition) is 5. The fraction of sp³-hybridized carbons (Fsp3) is 0.524. The van der Waals surface area contributed by atoms with Crippen LogP contribution in [0.3, 0.4) is 0 Å². The third kappa shape index (κ3) is 4.32. The van der Waals surface area contributed by atoms with E-state index in [2.05, 4.69) is 22.8 Å². The van der Waals surface area contributed by atoms with Gasteiger partial charge in [-0.05, 0) is 25.1 Å². The molecule has 1 unspecified atom stereocenters. The number of urea groups is 1. The van der Waals surface area contributed by atoms with Gasteiger partial charge in [-0.2, -0.15) is 0 Å². The van der Waals surface area contributed by atoms with Gasteiger partial charge in [-0.3, -0.25) is 0 Å². The summed E-state index contributed by atoms with van der Waals surface area (Å²) in [5, 5.41) is 5.49. The molecule has 3 aliphatic rings. The minimum atomic E-state index is -0.374. The second-order valence-corrected chi connectivity index (χ2v) is 7.52. The summed E-state index contributed by atoms with van der Waals surface area (Å²) in [7, 11) is 0. The van der Waals surface area contributed by atoms with Gasteiger partial charge in [-0.25, -0.2) is 9.59 Å². The van der Waals surface area contributed by atoms with Crippen molar-refractivity contribution < 1.29 is 28.7 Å². The van der Waals surface area contributed by atoms with E-state index in [1.54, 1.807) is 6.92 Å². The number of amides is 2. The van der Waals surface area contributed by atoms with E-state index in [0.29, 0.717) is 37.6 Å². The Labute approximate surface area is 170 Å². The molecular formula is C21H28N3O5+. The third-order valence-corrected chi connectivity index (χ3v) is 5.64. The van der Waals surface area contributed by atoms with Crippen LogP contribution in [-0.2, 0) is 9.53 Å². The van der Waals surface area contributed by atoms with Gasteiger partial charge in [0, 0.05) is 24.8 Å². The number of nitrogens with one attached hydrogen (secondary N) is 3. The summed E-state index contributed by atoms with van der Waals surface area (Å²) >= 11 is 0. The molecule has 8 heteroatoms. The van der Waals surface area contributed by atoms with Crippen molar-refractivity contribution in [3.63, 3.8) is 0 Å². The molecule has 0 bridgehead atoms. The van der Waals surface area contributed by atoms with E-state index in [9.17, 15) is 9.59 Å². The lowest BCUT2D eigenvalue weighted by molar-refractivity contribution is -0.914. The molecule has 0 radical (unpaired) electrons. The molecule has 1 aromatic carbocycles. The van der Waals surface area contributed by atoms with Crippen LogP contribution in [0.25, 0.3) is 0 Å². The highest BCUT2D eigenvalue weighted by atomic mass is 16.5. The van der Waals surface area contributed by atoms with E-state index >= 15 is 0 Å². The number of quaternary nitrogens is 1. The predicted molar refractivity (Wildman–Crippen MR) is 105 cm³/mol. The van der Waals surface area contributed by atoms with Gasteiger partial charge in [0.15, 0.2) is 11.5 Å². The summed E-state index contributed by atoms with van der Waals surface area (Å²) in [6.07, 6.45) is 3.01. The van der Waals surface area contributed by atoms with E-state index in [1.165, 1.54) is 10.5 Å². The van der Waals surface area contributed by atoms with Crippen molar-refractivity contribution in [2.24, 2.45) is 0 Å². The van der Waals surface area contributed by atoms with Gasteiger partial charge < -0.3 is 29.7 Å². The Morgan fingerprint density at radius 3 is 2.90 bits per heavy atom. The predicted octanol–water partition coefficient (Wildman–Crippen LogP) is 0.698. The molecule has 2 amide bonds. The molecule has 3 N–H and O–H groups in total. The monoisotopic (exact) mass is 402 g/mol. The maximum Gasteiger partial charge on any atom is 0.337 e. The van der Waals surface area contributed by atoms with Crippen molar-refractivity contribution in [1.29, 1.82) is 0 Å². The third-order valence-electron chi connectivity index (χ3n) is 5.64. The molecule has 1 aromatic rings. The fourth-order valence-corrected chi connectivity index (χ4v) is 4.25. The lowest BCUT2D eigenvalue weighted by atomic mass is 10.0. The number of ether oxygens (including phenoxy) is 3. The molecule has 1 fully saturated rings. The first-order valence-corrected chi connectivity index (χ1v) is 10.3. The first-order chi connectivity index (χ1) is 14.2. The van der Waals surface area contributed by atoms with Crippen LogP contribution in [0.5, 0.6) is 11.5 Å². The van der Waals surface area contributed by atoms with Gasteiger partial charge in [0.2, 0.25) is 0 Å². The van der Waals surface area contributed by atoms with Gasteiger partial charge in [-0.1, -0.05) is 0 Å². The van der Waals surface area contributed by atoms with E-state index in [1.807, 2.05) is 6.07 Å². The Kier molecular flexibility index (Phi) is 5.89. The summed E-state index contributed by atoms with van der Waals surface area (Å²) in [4.78, 5) is 25.5. The zero-order valence-electron chi connectivity index (χ0n) is 16.7. The standard InChI is InChI=1S/C21H27N3O5/c1-2-27-20(25)15-12-22-21(26)23-16(15)13-24-8-3-5-17(24)14-6-7-18-19(11-14)29-10-4-9-28-18/h6-7,11,17H,2-5,8-10,12-13H2,1H3,(H2,22,23,26)/p+1/t17-/m1/s1. The highest BCUT2D eigenvalue weighted by Crippen LogP contribution is 2.33. The largest absolute Gasteiger partial charge is 0.490 e. The molecule has 0 spiro atoms. The van der Waals surface area contributed by atoms with Gasteiger partial charge in [0.1, 0.15) is 12.6 Å². The number of rotatable bonds is 5. The Morgan fingerprint density at radius 1 is 1.24 bits per heavy atom. The summed E-state index contributed by atoms with van der Waals surface area (Å²) < 4.78 is 16.8. The topological polar surface area (TPSA) is 90.3 Å². The van der Waals surface area contributed by atoms with Crippen LogP contribution in [0.1, 0.15) is 37.8 Å². The fourth-order valence-electron chi connectivity index (χ4n) is 4.25. The van der Waals surface area contributed by atoms with Crippen LogP contribution in [0.2, 0.25) is 0 Å². The first kappa shape index (κ1) is 19.6. The normalized spacial score (nSPS) is 23.8. The number of carbonyl (C=O) groups is 2. The molecular weight excluding hydrogens is 374 g/mol. The summed E-state index contributed by atoms with van der Waals surface area (Å²) in [5.74, 6) is 1.22. The van der Waals surface area contributed by atoms with Crippen LogP contribution in [0, 0.1) is 0 Å². The van der Waals surface area contributed by atoms with Gasteiger partial charge in [0.05, 0.1) is 44.2 Å². The SMILES string of the molecule is CCOC(=O)C1=C(C[NH+]2CCC[C@@H]2c2ccc3c(c2)OCCCO3)NC(=O)NC1. The lowest BCUT2D eigenvalue weighted by Crippen LogP contribution is -3.10. The minimum Gasteiger partial charge on any atom is -0.490 e. The zero-order valence-corrected chi connectivity index (χ0v) is 16.7. The molecule has 1 saturated heterocycles. The zero-order chi connectivity index (χ0) is 20.2. The van der Waals surface area contributed by atoms with Crippen molar-refractivity contribution in [2.45, 2.75) is 32.2 Å². The number of fused-ring (bicyclic) bond motifs is 1. The molecule has 2 atom stereocenters. The molecule has 3 aliphatic heterocycles. The van der Waals surface area contributed by atoms with Crippen LogP contribution >= 0.6 is 0 Å². The number of hydrogen-bond donors (Lipinski definition) is 3. The van der Waals surface area contributed by atoms with Crippen molar-refractivity contribution >= 4 is 12.0 Å². The van der Waals surface area contributed by atoms with Crippen molar-refractivity contribution in [2.75, 3.05) is 39.5 Å². The second-order valence-electron chi connectivity index (χ2n) is 7.52. The minimum absolute atomic E-state index is 0.196. The summed E-state index contributed by atoms with van der Waals surface area (Å²) in [6.45, 7) is 5.15. The lowest BCUT2D eigenvalue weighted by Gasteiger charge is -2.27. The van der Waals surface area contributed by atoms with Crippen molar-refractivity contribution in [3.8, 4) is 11.5 Å². The van der Waals surface area contributed by atoms with Crippen LogP contribution in [-0.4, -0.2) is 51.5 Å². The quantitative estimate of drug-likeness (QED) is 0.631. The maximum absolute atomic E-state index is 12.3. The molecule has 8 nitrogen and oxygen atoms in total. The summed E-state index contributed by atoms with van der Waals surface area (Å²) in [5.41, 5.74) is 2.35. The van der Waals surface area contributed by atoms with E-state index in [0.717, 1.165) is 37.3 Å². The molecule has 0 saturated carbocycles. The van der Waals surface area contributed by atoms with Crippen molar-refractivity contribution in [3.05, 3.63) is 35.0 Å². The van der Waals surface area contributed by atoms with Crippen LogP contribution < -0.4 is 25.0 Å². The molecule has 4 rings (SSSR count). The van der Waals surface area contributed by atoms with E-state index in [4.69, 9.17) is 14.2 Å². The van der Waals surface area contributed by atoms with Crippen molar-refractivity contribution in [1.82, 2.24) is 10.6 Å². The van der Waals surface area contributed by atoms with Crippen LogP contribution in [0.4, 0.5) is 4.79 Å².